The third kappa shape index (κ3) is 4.25. The van der Waals surface area contributed by atoms with Gasteiger partial charge in [-0.25, -0.2) is 9.36 Å². The largest absolute Gasteiger partial charge is 0.497 e. The molecule has 0 spiro atoms. The molecule has 1 atom stereocenters. The fourth-order valence-electron chi connectivity index (χ4n) is 3.40. The Balaban J connectivity index is 1.43. The Bertz CT molecular complexity index is 1120. The monoisotopic (exact) mass is 421 g/mol. The van der Waals surface area contributed by atoms with Crippen molar-refractivity contribution in [3.8, 4) is 17.1 Å². The van der Waals surface area contributed by atoms with Crippen LogP contribution in [0.15, 0.2) is 67.1 Å². The highest BCUT2D eigenvalue weighted by Crippen LogP contribution is 2.22. The van der Waals surface area contributed by atoms with Gasteiger partial charge >= 0.3 is 0 Å². The molecule has 2 aromatic carbocycles. The summed E-state index contributed by atoms with van der Waals surface area (Å²) < 4.78 is 9.04. The zero-order chi connectivity index (χ0) is 21.1. The number of nitrogens with zero attached hydrogens (tertiary/aromatic N) is 4. The average molecular weight is 422 g/mol. The van der Waals surface area contributed by atoms with Crippen molar-refractivity contribution in [2.75, 3.05) is 7.11 Å². The number of hydrogen-bond acceptors (Lipinski definition) is 4. The van der Waals surface area contributed by atoms with Crippen LogP contribution < -0.4 is 10.1 Å². The predicted molar refractivity (Wildman–Crippen MR) is 119 cm³/mol. The molecule has 0 aliphatic heterocycles. The first kappa shape index (κ1) is 20.2. The molecule has 0 amide bonds. The van der Waals surface area contributed by atoms with Gasteiger partial charge in [-0.2, -0.15) is 10.2 Å². The average Bonchev–Trinajstić information content (AvgIpc) is 3.39. The minimum atomic E-state index is 0.149. The van der Waals surface area contributed by atoms with Crippen molar-refractivity contribution in [2.24, 2.45) is 0 Å². The van der Waals surface area contributed by atoms with Gasteiger partial charge in [0.25, 0.3) is 0 Å². The second-order valence-corrected chi connectivity index (χ2v) is 7.60. The number of methoxy groups -OCH3 is 1. The summed E-state index contributed by atoms with van der Waals surface area (Å²) in [7, 11) is 1.67. The van der Waals surface area contributed by atoms with Crippen molar-refractivity contribution in [1.29, 1.82) is 0 Å². The van der Waals surface area contributed by atoms with Gasteiger partial charge < -0.3 is 10.1 Å². The number of halogens is 1. The van der Waals surface area contributed by atoms with E-state index in [0.29, 0.717) is 11.6 Å². The van der Waals surface area contributed by atoms with E-state index in [1.807, 2.05) is 76.5 Å². The van der Waals surface area contributed by atoms with E-state index >= 15 is 0 Å². The Kier molecular flexibility index (Phi) is 5.88. The molecule has 6 nitrogen and oxygen atoms in total. The maximum atomic E-state index is 5.96. The first-order valence-corrected chi connectivity index (χ1v) is 10.1. The molecule has 2 heterocycles. The lowest BCUT2D eigenvalue weighted by Crippen LogP contribution is -2.18. The third-order valence-corrected chi connectivity index (χ3v) is 5.42. The summed E-state index contributed by atoms with van der Waals surface area (Å²) in [4.78, 5) is 0. The highest BCUT2D eigenvalue weighted by molar-refractivity contribution is 6.30. The summed E-state index contributed by atoms with van der Waals surface area (Å²) >= 11 is 5.96. The first-order chi connectivity index (χ1) is 14.5. The van der Waals surface area contributed by atoms with Crippen molar-refractivity contribution in [1.82, 2.24) is 24.9 Å². The summed E-state index contributed by atoms with van der Waals surface area (Å²) in [6, 6.07) is 15.7. The van der Waals surface area contributed by atoms with Crippen LogP contribution in [-0.2, 0) is 6.54 Å². The molecule has 0 saturated heterocycles. The van der Waals surface area contributed by atoms with Gasteiger partial charge in [-0.05, 0) is 62.4 Å². The first-order valence-electron chi connectivity index (χ1n) is 9.77. The molecule has 4 rings (SSSR count). The van der Waals surface area contributed by atoms with Crippen LogP contribution in [0.3, 0.4) is 0 Å². The van der Waals surface area contributed by atoms with Crippen LogP contribution in [0.25, 0.3) is 11.4 Å². The van der Waals surface area contributed by atoms with E-state index in [9.17, 15) is 0 Å². The zero-order valence-corrected chi connectivity index (χ0v) is 18.0. The summed E-state index contributed by atoms with van der Waals surface area (Å²) in [6.07, 6.45) is 5.83. The van der Waals surface area contributed by atoms with Crippen molar-refractivity contribution in [3.05, 3.63) is 89.0 Å². The Labute approximate surface area is 181 Å². The SMILES string of the molecule is COc1ccc(-n2ncc(C(C)NCc3cnn(-c4ccc(Cl)cc4)c3)c2C)cc1. The zero-order valence-electron chi connectivity index (χ0n) is 17.2. The van der Waals surface area contributed by atoms with Gasteiger partial charge in [-0.1, -0.05) is 11.6 Å². The maximum absolute atomic E-state index is 5.96. The summed E-state index contributed by atoms with van der Waals surface area (Å²) in [5, 5.41) is 13.3. The van der Waals surface area contributed by atoms with E-state index in [4.69, 9.17) is 16.3 Å². The van der Waals surface area contributed by atoms with E-state index in [1.165, 1.54) is 0 Å². The Morgan fingerprint density at radius 1 is 1.00 bits per heavy atom. The number of aromatic nitrogens is 4. The van der Waals surface area contributed by atoms with E-state index in [0.717, 1.165) is 33.9 Å². The van der Waals surface area contributed by atoms with E-state index in [-0.39, 0.29) is 6.04 Å². The Morgan fingerprint density at radius 3 is 2.40 bits per heavy atom. The van der Waals surface area contributed by atoms with Crippen molar-refractivity contribution in [2.45, 2.75) is 26.4 Å². The fourth-order valence-corrected chi connectivity index (χ4v) is 3.52. The van der Waals surface area contributed by atoms with Crippen LogP contribution in [0.4, 0.5) is 0 Å². The van der Waals surface area contributed by atoms with Gasteiger partial charge in [0.15, 0.2) is 0 Å². The summed E-state index contributed by atoms with van der Waals surface area (Å²) in [5.41, 5.74) is 5.37. The molecule has 0 bridgehead atoms. The predicted octanol–water partition coefficient (Wildman–Crippen LogP) is 4.88. The topological polar surface area (TPSA) is 56.9 Å². The summed E-state index contributed by atoms with van der Waals surface area (Å²) in [5.74, 6) is 0.831. The minimum Gasteiger partial charge on any atom is -0.497 e. The van der Waals surface area contributed by atoms with Gasteiger partial charge in [-0.3, -0.25) is 0 Å². The second-order valence-electron chi connectivity index (χ2n) is 7.17. The lowest BCUT2D eigenvalue weighted by molar-refractivity contribution is 0.414. The summed E-state index contributed by atoms with van der Waals surface area (Å²) in [6.45, 7) is 4.94. The van der Waals surface area contributed by atoms with E-state index in [2.05, 4.69) is 29.4 Å². The molecule has 0 aliphatic carbocycles. The standard InChI is InChI=1S/C23H24ClN5O/c1-16(23-14-27-29(17(23)2)21-8-10-22(30-3)11-9-21)25-12-18-13-26-28(15-18)20-6-4-19(24)5-7-20/h4-11,13-16,25H,12H2,1-3H3. The Morgan fingerprint density at radius 2 is 1.70 bits per heavy atom. The van der Waals surface area contributed by atoms with Gasteiger partial charge in [0.1, 0.15) is 5.75 Å². The Hall–Kier alpha value is -3.09. The van der Waals surface area contributed by atoms with Crippen molar-refractivity contribution < 1.29 is 4.74 Å². The van der Waals surface area contributed by atoms with Gasteiger partial charge in [0, 0.05) is 40.6 Å². The third-order valence-electron chi connectivity index (χ3n) is 5.17. The molecule has 7 heteroatoms. The second kappa shape index (κ2) is 8.73. The molecule has 0 fully saturated rings. The van der Waals surface area contributed by atoms with Crippen molar-refractivity contribution >= 4 is 11.6 Å². The molecule has 0 saturated carbocycles. The molecule has 30 heavy (non-hydrogen) atoms. The minimum absolute atomic E-state index is 0.149. The molecule has 1 unspecified atom stereocenters. The molecule has 0 aliphatic rings. The van der Waals surface area contributed by atoms with Crippen molar-refractivity contribution in [3.63, 3.8) is 0 Å². The molecular formula is C23H24ClN5O. The van der Waals surface area contributed by atoms with E-state index < -0.39 is 0 Å². The maximum Gasteiger partial charge on any atom is 0.119 e. The van der Waals surface area contributed by atoms with Crippen LogP contribution in [0, 0.1) is 6.92 Å². The van der Waals surface area contributed by atoms with Gasteiger partial charge in [0.2, 0.25) is 0 Å². The highest BCUT2D eigenvalue weighted by atomic mass is 35.5. The normalized spacial score (nSPS) is 12.1. The van der Waals surface area contributed by atoms with Crippen LogP contribution in [0.1, 0.15) is 29.8 Å². The molecule has 1 N–H and O–H groups in total. The molecular weight excluding hydrogens is 398 g/mol. The van der Waals surface area contributed by atoms with Crippen LogP contribution in [-0.4, -0.2) is 26.7 Å². The van der Waals surface area contributed by atoms with Crippen LogP contribution in [0.2, 0.25) is 5.02 Å². The number of benzene rings is 2. The van der Waals surface area contributed by atoms with Gasteiger partial charge in [-0.15, -0.1) is 0 Å². The van der Waals surface area contributed by atoms with Gasteiger partial charge in [0.05, 0.1) is 30.9 Å². The number of nitrogens with one attached hydrogen (secondary N) is 1. The molecule has 0 radical (unpaired) electrons. The number of hydrogen-bond donors (Lipinski definition) is 1. The highest BCUT2D eigenvalue weighted by Gasteiger charge is 2.14. The molecule has 2 aromatic heterocycles. The quantitative estimate of drug-likeness (QED) is 0.462. The number of rotatable bonds is 7. The van der Waals surface area contributed by atoms with Crippen LogP contribution >= 0.6 is 11.6 Å². The van der Waals surface area contributed by atoms with E-state index in [1.54, 1.807) is 7.11 Å². The smallest absolute Gasteiger partial charge is 0.119 e. The number of ether oxygens (including phenoxy) is 1. The van der Waals surface area contributed by atoms with Crippen LogP contribution in [0.5, 0.6) is 5.75 Å². The fraction of sp³-hybridized carbons (Fsp3) is 0.217. The molecule has 154 valence electrons. The molecule has 4 aromatic rings. The lowest BCUT2D eigenvalue weighted by atomic mass is 10.1. The lowest BCUT2D eigenvalue weighted by Gasteiger charge is -2.13.